The number of nitrogens with one attached hydrogen (secondary N) is 1. The maximum Gasteiger partial charge on any atom is 0.407 e. The summed E-state index contributed by atoms with van der Waals surface area (Å²) in [7, 11) is 0. The number of guanidine groups is 1. The second-order valence-electron chi connectivity index (χ2n) is 6.85. The number of ether oxygens (including phenoxy) is 2. The van der Waals surface area contributed by atoms with Crippen LogP contribution in [0, 0.1) is 0 Å². The van der Waals surface area contributed by atoms with Crippen molar-refractivity contribution >= 4 is 34.5 Å². The smallest absolute Gasteiger partial charge is 0.407 e. The Morgan fingerprint density at radius 2 is 1.89 bits per heavy atom. The summed E-state index contributed by atoms with van der Waals surface area (Å²) in [6.07, 6.45) is -0.557. The highest BCUT2D eigenvalue weighted by Gasteiger charge is 2.16. The quantitative estimate of drug-likeness (QED) is 0.320. The Labute approximate surface area is 157 Å². The maximum atomic E-state index is 12.0. The Bertz CT molecular complexity index is 868. The third-order valence-corrected chi connectivity index (χ3v) is 3.31. The van der Waals surface area contributed by atoms with Crippen LogP contribution >= 0.6 is 0 Å². The Balaban J connectivity index is 1.95. The van der Waals surface area contributed by atoms with Gasteiger partial charge in [0.2, 0.25) is 0 Å². The summed E-state index contributed by atoms with van der Waals surface area (Å²) in [5.41, 5.74) is 10.9. The van der Waals surface area contributed by atoms with E-state index >= 15 is 0 Å². The molecule has 5 N–H and O–H groups in total. The van der Waals surface area contributed by atoms with E-state index in [-0.39, 0.29) is 18.9 Å². The molecule has 0 aliphatic rings. The number of benzene rings is 2. The van der Waals surface area contributed by atoms with Crippen LogP contribution in [0.5, 0.6) is 5.75 Å². The number of amides is 1. The van der Waals surface area contributed by atoms with Crippen LogP contribution in [0.15, 0.2) is 41.4 Å². The van der Waals surface area contributed by atoms with Crippen molar-refractivity contribution in [3.8, 4) is 5.75 Å². The van der Waals surface area contributed by atoms with E-state index in [1.807, 2.05) is 6.07 Å². The number of esters is 1. The second-order valence-corrected chi connectivity index (χ2v) is 6.85. The number of hydrogen-bond acceptors (Lipinski definition) is 5. The number of alkyl carbamates (subject to hydrolysis) is 1. The number of nitrogens with two attached hydrogens (primary N) is 2. The monoisotopic (exact) mass is 372 g/mol. The van der Waals surface area contributed by atoms with Crippen LogP contribution in [0.25, 0.3) is 10.8 Å². The molecule has 0 fully saturated rings. The fraction of sp³-hybridized carbons (Fsp3) is 0.316. The third kappa shape index (κ3) is 6.50. The van der Waals surface area contributed by atoms with Gasteiger partial charge in [0.15, 0.2) is 5.96 Å². The topological polar surface area (TPSA) is 129 Å². The first-order valence-corrected chi connectivity index (χ1v) is 8.44. The van der Waals surface area contributed by atoms with Crippen molar-refractivity contribution in [2.45, 2.75) is 32.8 Å². The van der Waals surface area contributed by atoms with Crippen LogP contribution in [0.2, 0.25) is 0 Å². The van der Waals surface area contributed by atoms with Crippen molar-refractivity contribution in [3.05, 3.63) is 36.4 Å². The van der Waals surface area contributed by atoms with Crippen molar-refractivity contribution in [1.82, 2.24) is 5.32 Å². The van der Waals surface area contributed by atoms with Gasteiger partial charge in [0, 0.05) is 11.9 Å². The summed E-state index contributed by atoms with van der Waals surface area (Å²) >= 11 is 0. The lowest BCUT2D eigenvalue weighted by atomic mass is 10.1. The number of fused-ring (bicyclic) bond motifs is 1. The van der Waals surface area contributed by atoms with Gasteiger partial charge in [0.1, 0.15) is 11.4 Å². The molecule has 144 valence electrons. The Kier molecular flexibility index (Phi) is 6.23. The van der Waals surface area contributed by atoms with E-state index in [1.54, 1.807) is 51.1 Å². The predicted octanol–water partition coefficient (Wildman–Crippen LogP) is 2.56. The number of aliphatic imine (C=N–C) groups is 1. The molecule has 0 bridgehead atoms. The van der Waals surface area contributed by atoms with E-state index < -0.39 is 17.7 Å². The maximum absolute atomic E-state index is 12.0. The molecule has 8 nitrogen and oxygen atoms in total. The largest absolute Gasteiger partial charge is 0.444 e. The molecular formula is C19H24N4O4. The van der Waals surface area contributed by atoms with Crippen LogP contribution in [0.4, 0.5) is 10.5 Å². The minimum absolute atomic E-state index is 0.0192. The molecule has 0 aliphatic carbocycles. The van der Waals surface area contributed by atoms with Crippen molar-refractivity contribution in [1.29, 1.82) is 0 Å². The molecule has 0 aliphatic heterocycles. The highest BCUT2D eigenvalue weighted by molar-refractivity contribution is 5.96. The van der Waals surface area contributed by atoms with Crippen molar-refractivity contribution in [2.24, 2.45) is 16.5 Å². The molecule has 0 atom stereocenters. The summed E-state index contributed by atoms with van der Waals surface area (Å²) in [6, 6.07) is 10.6. The van der Waals surface area contributed by atoms with Gasteiger partial charge >= 0.3 is 12.1 Å². The zero-order chi connectivity index (χ0) is 20.0. The molecular weight excluding hydrogens is 348 g/mol. The second kappa shape index (κ2) is 8.39. The van der Waals surface area contributed by atoms with Crippen LogP contribution in [-0.2, 0) is 9.53 Å². The normalized spacial score (nSPS) is 10.9. The van der Waals surface area contributed by atoms with E-state index in [4.69, 9.17) is 20.9 Å². The zero-order valence-corrected chi connectivity index (χ0v) is 15.6. The molecule has 2 rings (SSSR count). The predicted molar refractivity (Wildman–Crippen MR) is 104 cm³/mol. The molecule has 27 heavy (non-hydrogen) atoms. The van der Waals surface area contributed by atoms with E-state index in [0.29, 0.717) is 11.4 Å². The standard InChI is InChI=1S/C19H24N4O4/c1-19(2,3)27-18(25)22-10-9-16(24)26-13-7-8-14-12(11-13)5-4-6-15(14)23-17(20)21/h4-8,11H,9-10H2,1-3H3,(H,22,25)(H4,20,21,23). The van der Waals surface area contributed by atoms with Gasteiger partial charge in [0.05, 0.1) is 12.1 Å². The summed E-state index contributed by atoms with van der Waals surface area (Å²) in [6.45, 7) is 5.41. The average Bonchev–Trinajstić information content (AvgIpc) is 2.52. The first-order valence-electron chi connectivity index (χ1n) is 8.44. The molecule has 1 amide bonds. The lowest BCUT2D eigenvalue weighted by Gasteiger charge is -2.19. The molecule has 0 aromatic heterocycles. The Hall–Kier alpha value is -3.29. The molecule has 2 aromatic rings. The molecule has 8 heteroatoms. The van der Waals surface area contributed by atoms with E-state index in [2.05, 4.69) is 10.3 Å². The van der Waals surface area contributed by atoms with Crippen molar-refractivity contribution in [3.63, 3.8) is 0 Å². The first-order chi connectivity index (χ1) is 12.6. The van der Waals surface area contributed by atoms with E-state index in [9.17, 15) is 9.59 Å². The first kappa shape index (κ1) is 20.0. The van der Waals surface area contributed by atoms with Gasteiger partial charge < -0.3 is 26.3 Å². The molecule has 0 spiro atoms. The highest BCUT2D eigenvalue weighted by atomic mass is 16.6. The molecule has 0 radical (unpaired) electrons. The minimum Gasteiger partial charge on any atom is -0.444 e. The van der Waals surface area contributed by atoms with Gasteiger partial charge in [-0.05, 0) is 50.4 Å². The molecule has 0 unspecified atom stereocenters. The van der Waals surface area contributed by atoms with E-state index in [1.165, 1.54) is 0 Å². The number of rotatable bonds is 5. The van der Waals surface area contributed by atoms with Crippen molar-refractivity contribution in [2.75, 3.05) is 6.54 Å². The lowest BCUT2D eigenvalue weighted by molar-refractivity contribution is -0.134. The van der Waals surface area contributed by atoms with Gasteiger partial charge in [-0.15, -0.1) is 0 Å². The molecule has 0 saturated heterocycles. The van der Waals surface area contributed by atoms with Crippen LogP contribution in [0.3, 0.4) is 0 Å². The minimum atomic E-state index is -0.590. The molecule has 0 heterocycles. The number of nitrogens with zero attached hydrogens (tertiary/aromatic N) is 1. The Morgan fingerprint density at radius 1 is 1.15 bits per heavy atom. The van der Waals surface area contributed by atoms with Crippen LogP contribution in [-0.4, -0.2) is 30.2 Å². The summed E-state index contributed by atoms with van der Waals surface area (Å²) in [5, 5.41) is 4.17. The number of hydrogen-bond donors (Lipinski definition) is 3. The van der Waals surface area contributed by atoms with Gasteiger partial charge in [0.25, 0.3) is 0 Å². The number of carbonyl (C=O) groups excluding carboxylic acids is 2. The van der Waals surface area contributed by atoms with Crippen LogP contribution < -0.4 is 21.5 Å². The summed E-state index contributed by atoms with van der Waals surface area (Å²) in [5.74, 6) is -0.104. The molecule has 0 saturated carbocycles. The summed E-state index contributed by atoms with van der Waals surface area (Å²) < 4.78 is 10.4. The lowest BCUT2D eigenvalue weighted by Crippen LogP contribution is -2.34. The van der Waals surface area contributed by atoms with Gasteiger partial charge in [-0.1, -0.05) is 12.1 Å². The van der Waals surface area contributed by atoms with Gasteiger partial charge in [-0.25, -0.2) is 9.79 Å². The number of carbonyl (C=O) groups is 2. The fourth-order valence-corrected chi connectivity index (χ4v) is 2.31. The highest BCUT2D eigenvalue weighted by Crippen LogP contribution is 2.29. The average molecular weight is 372 g/mol. The van der Waals surface area contributed by atoms with Gasteiger partial charge in [-0.2, -0.15) is 0 Å². The zero-order valence-electron chi connectivity index (χ0n) is 15.6. The van der Waals surface area contributed by atoms with E-state index in [0.717, 1.165) is 10.8 Å². The summed E-state index contributed by atoms with van der Waals surface area (Å²) in [4.78, 5) is 27.6. The molecule has 2 aromatic carbocycles. The van der Waals surface area contributed by atoms with Gasteiger partial charge in [-0.3, -0.25) is 4.79 Å². The van der Waals surface area contributed by atoms with Crippen LogP contribution in [0.1, 0.15) is 27.2 Å². The Morgan fingerprint density at radius 3 is 2.56 bits per heavy atom. The third-order valence-electron chi connectivity index (χ3n) is 3.31. The SMILES string of the molecule is CC(C)(C)OC(=O)NCCC(=O)Oc1ccc2c(N=C(N)N)cccc2c1. The van der Waals surface area contributed by atoms with Crippen molar-refractivity contribution < 1.29 is 19.1 Å². The fourth-order valence-electron chi connectivity index (χ4n) is 2.31.